The molecule has 6 nitrogen and oxygen atoms in total. The number of aromatic nitrogens is 1. The molecule has 0 saturated heterocycles. The predicted octanol–water partition coefficient (Wildman–Crippen LogP) is 6.43. The summed E-state index contributed by atoms with van der Waals surface area (Å²) in [5.41, 5.74) is 0.651. The number of carbonyl (C=O) groups is 2. The topological polar surface area (TPSA) is 83.6 Å². The van der Waals surface area contributed by atoms with Crippen LogP contribution in [0.25, 0.3) is 11.3 Å². The molecule has 176 valence electrons. The lowest BCUT2D eigenvalue weighted by atomic mass is 9.95. The van der Waals surface area contributed by atoms with Gasteiger partial charge in [0.15, 0.2) is 16.7 Å². The standard InChI is InChI=1S/C25H15ClF2N2O4S/c1-12-2-9-19(34-12)22(31)20-21(16-8-7-15(27)10-17(16)28)30(24(33)23(20)32)25-29-18(11-35-25)13-3-5-14(26)6-4-13/h2-11,21,32H,1H3. The Morgan fingerprint density at radius 2 is 1.89 bits per heavy atom. The largest absolute Gasteiger partial charge is 0.503 e. The van der Waals surface area contributed by atoms with E-state index in [1.165, 1.54) is 6.07 Å². The van der Waals surface area contributed by atoms with Crippen molar-refractivity contribution in [3.05, 3.63) is 105 Å². The van der Waals surface area contributed by atoms with Gasteiger partial charge in [0.2, 0.25) is 5.78 Å². The monoisotopic (exact) mass is 512 g/mol. The van der Waals surface area contributed by atoms with E-state index < -0.39 is 40.7 Å². The number of thiazole rings is 1. The van der Waals surface area contributed by atoms with Gasteiger partial charge in [0.05, 0.1) is 11.3 Å². The summed E-state index contributed by atoms with van der Waals surface area (Å²) >= 11 is 7.01. The lowest BCUT2D eigenvalue weighted by Gasteiger charge is -2.24. The average Bonchev–Trinajstić information content (AvgIpc) is 3.53. The molecule has 2 aromatic carbocycles. The van der Waals surface area contributed by atoms with Gasteiger partial charge in [0, 0.05) is 27.6 Å². The normalized spacial score (nSPS) is 15.8. The molecule has 1 atom stereocenters. The maximum absolute atomic E-state index is 15.0. The highest BCUT2D eigenvalue weighted by molar-refractivity contribution is 7.14. The average molecular weight is 513 g/mol. The number of hydrogen-bond donors (Lipinski definition) is 1. The minimum Gasteiger partial charge on any atom is -0.503 e. The molecule has 5 rings (SSSR count). The summed E-state index contributed by atoms with van der Waals surface area (Å²) in [7, 11) is 0. The number of furan rings is 1. The van der Waals surface area contributed by atoms with Crippen molar-refractivity contribution in [2.75, 3.05) is 4.90 Å². The number of aliphatic hydroxyl groups excluding tert-OH is 1. The molecule has 0 radical (unpaired) electrons. The van der Waals surface area contributed by atoms with Crippen molar-refractivity contribution in [1.82, 2.24) is 4.98 Å². The first-order valence-electron chi connectivity index (χ1n) is 10.3. The van der Waals surface area contributed by atoms with Crippen LogP contribution in [0.2, 0.25) is 5.02 Å². The van der Waals surface area contributed by atoms with E-state index in [2.05, 4.69) is 4.98 Å². The van der Waals surface area contributed by atoms with E-state index in [1.54, 1.807) is 42.6 Å². The SMILES string of the molecule is Cc1ccc(C(=O)C2=C(O)C(=O)N(c3nc(-c4ccc(Cl)cc4)cs3)C2c2ccc(F)cc2F)o1. The summed E-state index contributed by atoms with van der Waals surface area (Å²) < 4.78 is 34.0. The molecule has 1 N–H and O–H groups in total. The fraction of sp³-hybridized carbons (Fsp3) is 0.0800. The van der Waals surface area contributed by atoms with Gasteiger partial charge in [0.25, 0.3) is 5.91 Å². The van der Waals surface area contributed by atoms with Crippen molar-refractivity contribution in [3.63, 3.8) is 0 Å². The molecule has 0 saturated carbocycles. The Kier molecular flexibility index (Phi) is 5.74. The van der Waals surface area contributed by atoms with Crippen LogP contribution in [0.3, 0.4) is 0 Å². The molecule has 2 aromatic heterocycles. The lowest BCUT2D eigenvalue weighted by Crippen LogP contribution is -2.31. The number of Topliss-reactive ketones (excluding diaryl/α,β-unsaturated/α-hetero) is 1. The minimum absolute atomic E-state index is 0.110. The van der Waals surface area contributed by atoms with Crippen molar-refractivity contribution >= 4 is 39.8 Å². The molecule has 1 amide bonds. The molecule has 1 aliphatic heterocycles. The third kappa shape index (κ3) is 4.02. The van der Waals surface area contributed by atoms with E-state index >= 15 is 0 Å². The van der Waals surface area contributed by atoms with Crippen molar-refractivity contribution in [3.8, 4) is 11.3 Å². The number of aliphatic hydroxyl groups is 1. The predicted molar refractivity (Wildman–Crippen MR) is 127 cm³/mol. The first-order chi connectivity index (χ1) is 16.7. The molecule has 35 heavy (non-hydrogen) atoms. The van der Waals surface area contributed by atoms with Crippen LogP contribution in [0.15, 0.2) is 75.7 Å². The summed E-state index contributed by atoms with van der Waals surface area (Å²) in [6.45, 7) is 1.63. The van der Waals surface area contributed by atoms with Crippen molar-refractivity contribution in [1.29, 1.82) is 0 Å². The van der Waals surface area contributed by atoms with E-state index in [1.807, 2.05) is 0 Å². The summed E-state index contributed by atoms with van der Waals surface area (Å²) in [6.07, 6.45) is 0. The van der Waals surface area contributed by atoms with Crippen LogP contribution in [0.4, 0.5) is 13.9 Å². The number of hydrogen-bond acceptors (Lipinski definition) is 6. The van der Waals surface area contributed by atoms with E-state index in [0.29, 0.717) is 28.1 Å². The van der Waals surface area contributed by atoms with Gasteiger partial charge < -0.3 is 9.52 Å². The quantitative estimate of drug-likeness (QED) is 0.312. The molecule has 0 bridgehead atoms. The number of benzene rings is 2. The van der Waals surface area contributed by atoms with Gasteiger partial charge >= 0.3 is 0 Å². The van der Waals surface area contributed by atoms with Crippen LogP contribution in [0.5, 0.6) is 0 Å². The minimum atomic E-state index is -1.40. The number of carbonyl (C=O) groups excluding carboxylic acids is 2. The van der Waals surface area contributed by atoms with Crippen molar-refractivity contribution in [2.45, 2.75) is 13.0 Å². The highest BCUT2D eigenvalue weighted by atomic mass is 35.5. The number of amides is 1. The second-order valence-electron chi connectivity index (χ2n) is 7.77. The Hall–Kier alpha value is -3.82. The summed E-state index contributed by atoms with van der Waals surface area (Å²) in [4.78, 5) is 32.0. The first kappa shape index (κ1) is 22.9. The fourth-order valence-corrected chi connectivity index (χ4v) is 4.85. The lowest BCUT2D eigenvalue weighted by molar-refractivity contribution is -0.117. The van der Waals surface area contributed by atoms with Gasteiger partial charge in [-0.2, -0.15) is 0 Å². The number of anilines is 1. The third-order valence-corrected chi connectivity index (χ3v) is 6.60. The third-order valence-electron chi connectivity index (χ3n) is 5.51. The highest BCUT2D eigenvalue weighted by Crippen LogP contribution is 2.44. The van der Waals surface area contributed by atoms with Crippen LogP contribution >= 0.6 is 22.9 Å². The molecular weight excluding hydrogens is 498 g/mol. The van der Waals surface area contributed by atoms with Gasteiger partial charge in [-0.3, -0.25) is 14.5 Å². The van der Waals surface area contributed by atoms with Gasteiger partial charge in [-0.05, 0) is 37.3 Å². The zero-order valence-corrected chi connectivity index (χ0v) is 19.5. The number of nitrogens with zero attached hydrogens (tertiary/aromatic N) is 2. The van der Waals surface area contributed by atoms with Crippen LogP contribution < -0.4 is 4.90 Å². The van der Waals surface area contributed by atoms with Gasteiger partial charge in [-0.1, -0.05) is 29.8 Å². The molecule has 0 aliphatic carbocycles. The van der Waals surface area contributed by atoms with E-state index in [0.717, 1.165) is 28.4 Å². The smallest absolute Gasteiger partial charge is 0.296 e. The molecule has 3 heterocycles. The second-order valence-corrected chi connectivity index (χ2v) is 9.04. The Labute approximate surface area is 206 Å². The van der Waals surface area contributed by atoms with Crippen LogP contribution in [0, 0.1) is 18.6 Å². The molecule has 1 aliphatic rings. The molecule has 0 fully saturated rings. The van der Waals surface area contributed by atoms with E-state index in [-0.39, 0.29) is 16.5 Å². The summed E-state index contributed by atoms with van der Waals surface area (Å²) in [6, 6.07) is 11.2. The molecule has 1 unspecified atom stereocenters. The van der Waals surface area contributed by atoms with Crippen molar-refractivity contribution < 1.29 is 27.9 Å². The molecular formula is C25H15ClF2N2O4S. The number of ketones is 1. The van der Waals surface area contributed by atoms with E-state index in [9.17, 15) is 23.5 Å². The zero-order valence-electron chi connectivity index (χ0n) is 18.0. The maximum Gasteiger partial charge on any atom is 0.296 e. The molecule has 4 aromatic rings. The Balaban J connectivity index is 1.64. The number of rotatable bonds is 5. The zero-order chi connectivity index (χ0) is 24.9. The Morgan fingerprint density at radius 1 is 1.14 bits per heavy atom. The molecule has 10 heteroatoms. The van der Waals surface area contributed by atoms with Gasteiger partial charge in [0.1, 0.15) is 23.4 Å². The maximum atomic E-state index is 15.0. The van der Waals surface area contributed by atoms with Crippen LogP contribution in [-0.2, 0) is 4.79 Å². The summed E-state index contributed by atoms with van der Waals surface area (Å²) in [5.74, 6) is -4.11. The van der Waals surface area contributed by atoms with Gasteiger partial charge in [-0.15, -0.1) is 11.3 Å². The van der Waals surface area contributed by atoms with E-state index in [4.69, 9.17) is 16.0 Å². The first-order valence-corrected chi connectivity index (χ1v) is 11.5. The fourth-order valence-electron chi connectivity index (χ4n) is 3.87. The van der Waals surface area contributed by atoms with Crippen LogP contribution in [0.1, 0.15) is 27.9 Å². The highest BCUT2D eigenvalue weighted by Gasteiger charge is 2.47. The summed E-state index contributed by atoms with van der Waals surface area (Å²) in [5, 5.41) is 13.1. The molecule has 0 spiro atoms. The Morgan fingerprint density at radius 3 is 2.54 bits per heavy atom. The Bertz CT molecular complexity index is 1510. The van der Waals surface area contributed by atoms with Crippen molar-refractivity contribution in [2.24, 2.45) is 0 Å². The second kappa shape index (κ2) is 8.75. The number of aryl methyl sites for hydroxylation is 1. The van der Waals surface area contributed by atoms with Gasteiger partial charge in [-0.25, -0.2) is 13.8 Å². The van der Waals surface area contributed by atoms with Crippen LogP contribution in [-0.4, -0.2) is 21.8 Å². The number of halogens is 3.